The molecule has 1 aromatic heterocycles. The molecule has 0 aliphatic carbocycles. The van der Waals surface area contributed by atoms with Crippen molar-refractivity contribution in [2.24, 2.45) is 0 Å². The van der Waals surface area contributed by atoms with Crippen molar-refractivity contribution >= 4 is 0 Å². The van der Waals surface area contributed by atoms with E-state index in [0.717, 1.165) is 0 Å². The lowest BCUT2D eigenvalue weighted by Crippen LogP contribution is -2.33. The Morgan fingerprint density at radius 3 is 2.64 bits per heavy atom. The summed E-state index contributed by atoms with van der Waals surface area (Å²) >= 11 is 0. The van der Waals surface area contributed by atoms with Gasteiger partial charge in [-0.25, -0.2) is 0 Å². The summed E-state index contributed by atoms with van der Waals surface area (Å²) in [5.74, 6) is 0. The van der Waals surface area contributed by atoms with Crippen molar-refractivity contribution in [2.75, 3.05) is 0 Å². The highest BCUT2D eigenvalue weighted by Gasteiger charge is 2.14. The van der Waals surface area contributed by atoms with Crippen LogP contribution in [0.3, 0.4) is 0 Å². The molecule has 1 aromatic rings. The minimum atomic E-state index is -0.933. The average Bonchev–Trinajstić information content (AvgIpc) is 2.06. The van der Waals surface area contributed by atoms with E-state index in [1.165, 1.54) is 4.57 Å². The topological polar surface area (TPSA) is 62.5 Å². The molecule has 1 heterocycles. The highest BCUT2D eigenvalue weighted by molar-refractivity contribution is 5.09. The van der Waals surface area contributed by atoms with E-state index in [0.29, 0.717) is 5.56 Å². The molecule has 0 bridgehead atoms. The van der Waals surface area contributed by atoms with Gasteiger partial charge in [0, 0.05) is 11.8 Å². The van der Waals surface area contributed by atoms with Crippen molar-refractivity contribution in [3.63, 3.8) is 0 Å². The molecule has 0 aliphatic heterocycles. The van der Waals surface area contributed by atoms with E-state index in [1.807, 2.05) is 0 Å². The molecule has 4 nitrogen and oxygen atoms in total. The molecule has 14 heavy (non-hydrogen) atoms. The van der Waals surface area contributed by atoms with E-state index in [-0.39, 0.29) is 18.7 Å². The summed E-state index contributed by atoms with van der Waals surface area (Å²) < 4.78 is 1.39. The van der Waals surface area contributed by atoms with Crippen LogP contribution in [-0.2, 0) is 13.2 Å². The second-order valence-corrected chi connectivity index (χ2v) is 3.94. The molecule has 0 aliphatic rings. The molecule has 2 N–H and O–H groups in total. The molecule has 0 radical (unpaired) electrons. The zero-order valence-corrected chi connectivity index (χ0v) is 8.40. The molecule has 0 aromatic carbocycles. The average molecular weight is 197 g/mol. The highest BCUT2D eigenvalue weighted by atomic mass is 16.3. The minimum Gasteiger partial charge on any atom is -0.391 e. The molecule has 4 heteroatoms. The van der Waals surface area contributed by atoms with Crippen LogP contribution in [0, 0.1) is 0 Å². The van der Waals surface area contributed by atoms with Gasteiger partial charge in [-0.15, -0.1) is 0 Å². The molecule has 0 saturated heterocycles. The first-order valence-corrected chi connectivity index (χ1v) is 4.45. The lowest BCUT2D eigenvalue weighted by atomic mass is 10.1. The van der Waals surface area contributed by atoms with Crippen molar-refractivity contribution in [1.82, 2.24) is 4.57 Å². The van der Waals surface area contributed by atoms with Gasteiger partial charge in [-0.3, -0.25) is 4.79 Å². The Balaban J connectivity index is 3.05. The van der Waals surface area contributed by atoms with Crippen LogP contribution >= 0.6 is 0 Å². The van der Waals surface area contributed by atoms with E-state index in [1.54, 1.807) is 32.2 Å². The summed E-state index contributed by atoms with van der Waals surface area (Å²) in [4.78, 5) is 11.6. The van der Waals surface area contributed by atoms with Crippen LogP contribution in [-0.4, -0.2) is 20.4 Å². The van der Waals surface area contributed by atoms with Gasteiger partial charge in [0.05, 0.1) is 18.8 Å². The van der Waals surface area contributed by atoms with Gasteiger partial charge in [0.15, 0.2) is 0 Å². The largest absolute Gasteiger partial charge is 0.391 e. The third-order valence-electron chi connectivity index (χ3n) is 1.83. The maximum Gasteiger partial charge on any atom is 0.256 e. The summed E-state index contributed by atoms with van der Waals surface area (Å²) in [6, 6.07) is 3.25. The molecular formula is C10H15NO3. The van der Waals surface area contributed by atoms with Crippen LogP contribution in [0.2, 0.25) is 0 Å². The number of aliphatic hydroxyl groups is 2. The molecule has 0 amide bonds. The second-order valence-electron chi connectivity index (χ2n) is 3.94. The van der Waals surface area contributed by atoms with Gasteiger partial charge in [0.2, 0.25) is 0 Å². The Kier molecular flexibility index (Phi) is 3.08. The fraction of sp³-hybridized carbons (Fsp3) is 0.500. The SMILES string of the molecule is CC(C)(O)Cn1cccc(CO)c1=O. The lowest BCUT2D eigenvalue weighted by molar-refractivity contribution is 0.0602. The van der Waals surface area contributed by atoms with Crippen LogP contribution in [0.25, 0.3) is 0 Å². The van der Waals surface area contributed by atoms with E-state index >= 15 is 0 Å². The molecular weight excluding hydrogens is 182 g/mol. The first-order chi connectivity index (χ1) is 6.44. The summed E-state index contributed by atoms with van der Waals surface area (Å²) in [6.07, 6.45) is 1.60. The normalized spacial score (nSPS) is 11.7. The predicted octanol–water partition coefficient (Wildman–Crippen LogP) is 0.111. The predicted molar refractivity (Wildman–Crippen MR) is 52.9 cm³/mol. The standard InChI is InChI=1S/C10H15NO3/c1-10(2,14)7-11-5-3-4-8(6-12)9(11)13/h3-5,12,14H,6-7H2,1-2H3. The van der Waals surface area contributed by atoms with Crippen molar-refractivity contribution in [3.05, 3.63) is 34.2 Å². The summed E-state index contributed by atoms with van der Waals surface area (Å²) in [7, 11) is 0. The third-order valence-corrected chi connectivity index (χ3v) is 1.83. The molecule has 0 spiro atoms. The number of rotatable bonds is 3. The van der Waals surface area contributed by atoms with Crippen LogP contribution < -0.4 is 5.56 Å². The fourth-order valence-corrected chi connectivity index (χ4v) is 1.25. The van der Waals surface area contributed by atoms with E-state index < -0.39 is 5.60 Å². The van der Waals surface area contributed by atoms with Gasteiger partial charge in [0.1, 0.15) is 0 Å². The molecule has 0 saturated carbocycles. The number of hydrogen-bond donors (Lipinski definition) is 2. The van der Waals surface area contributed by atoms with Crippen molar-refractivity contribution in [1.29, 1.82) is 0 Å². The van der Waals surface area contributed by atoms with Crippen molar-refractivity contribution in [2.45, 2.75) is 32.6 Å². The van der Waals surface area contributed by atoms with Gasteiger partial charge < -0.3 is 14.8 Å². The van der Waals surface area contributed by atoms with Crippen LogP contribution in [0.5, 0.6) is 0 Å². The number of aliphatic hydroxyl groups excluding tert-OH is 1. The monoisotopic (exact) mass is 197 g/mol. The number of pyridine rings is 1. The first kappa shape index (κ1) is 10.9. The zero-order valence-electron chi connectivity index (χ0n) is 8.40. The van der Waals surface area contributed by atoms with Gasteiger partial charge in [-0.2, -0.15) is 0 Å². The molecule has 78 valence electrons. The van der Waals surface area contributed by atoms with Gasteiger partial charge in [-0.05, 0) is 26.0 Å². The Bertz CT molecular complexity index is 362. The van der Waals surface area contributed by atoms with E-state index in [9.17, 15) is 9.90 Å². The molecule has 0 fully saturated rings. The Morgan fingerprint density at radius 1 is 1.50 bits per heavy atom. The minimum absolute atomic E-state index is 0.222. The zero-order chi connectivity index (χ0) is 10.8. The number of hydrogen-bond acceptors (Lipinski definition) is 3. The van der Waals surface area contributed by atoms with Gasteiger partial charge in [-0.1, -0.05) is 0 Å². The molecule has 0 atom stereocenters. The smallest absolute Gasteiger partial charge is 0.256 e. The number of aromatic nitrogens is 1. The van der Waals surface area contributed by atoms with E-state index in [2.05, 4.69) is 0 Å². The Morgan fingerprint density at radius 2 is 2.14 bits per heavy atom. The highest BCUT2D eigenvalue weighted by Crippen LogP contribution is 2.03. The van der Waals surface area contributed by atoms with Crippen LogP contribution in [0.4, 0.5) is 0 Å². The van der Waals surface area contributed by atoms with Crippen molar-refractivity contribution < 1.29 is 10.2 Å². The maximum absolute atomic E-state index is 11.6. The fourth-order valence-electron chi connectivity index (χ4n) is 1.25. The van der Waals surface area contributed by atoms with Crippen molar-refractivity contribution in [3.8, 4) is 0 Å². The summed E-state index contributed by atoms with van der Waals surface area (Å²) in [6.45, 7) is 3.21. The quantitative estimate of drug-likeness (QED) is 0.723. The number of nitrogens with zero attached hydrogens (tertiary/aromatic N) is 1. The van der Waals surface area contributed by atoms with Crippen LogP contribution in [0.1, 0.15) is 19.4 Å². The van der Waals surface area contributed by atoms with Crippen LogP contribution in [0.15, 0.2) is 23.1 Å². The summed E-state index contributed by atoms with van der Waals surface area (Å²) in [5, 5.41) is 18.4. The third kappa shape index (κ3) is 2.68. The lowest BCUT2D eigenvalue weighted by Gasteiger charge is -2.18. The maximum atomic E-state index is 11.6. The van der Waals surface area contributed by atoms with Gasteiger partial charge >= 0.3 is 0 Å². The van der Waals surface area contributed by atoms with Gasteiger partial charge in [0.25, 0.3) is 5.56 Å². The molecule has 0 unspecified atom stereocenters. The van der Waals surface area contributed by atoms with E-state index in [4.69, 9.17) is 5.11 Å². The molecule has 1 rings (SSSR count). The Labute approximate surface area is 82.4 Å². The second kappa shape index (κ2) is 3.94. The Hall–Kier alpha value is -1.13. The first-order valence-electron chi connectivity index (χ1n) is 4.45. The summed E-state index contributed by atoms with van der Waals surface area (Å²) in [5.41, 5.74) is -0.841.